The fourth-order valence-electron chi connectivity index (χ4n) is 2.29. The van der Waals surface area contributed by atoms with Gasteiger partial charge in [-0.1, -0.05) is 38.3 Å². The van der Waals surface area contributed by atoms with Crippen LogP contribution in [0.5, 0.6) is 0 Å². The Labute approximate surface area is 140 Å². The molecular formula is C18H34N2O3. The minimum atomic E-state index is -0.963. The van der Waals surface area contributed by atoms with Gasteiger partial charge in [0, 0.05) is 13.0 Å². The molecule has 134 valence electrons. The molecule has 0 aromatic heterocycles. The van der Waals surface area contributed by atoms with Crippen LogP contribution in [-0.4, -0.2) is 29.6 Å². The molecule has 0 bridgehead atoms. The lowest BCUT2D eigenvalue weighted by Crippen LogP contribution is -2.30. The molecule has 23 heavy (non-hydrogen) atoms. The Morgan fingerprint density at radius 3 is 2.43 bits per heavy atom. The number of carbonyl (C=O) groups excluding carboxylic acids is 1. The normalized spacial score (nSPS) is 12.4. The van der Waals surface area contributed by atoms with Crippen LogP contribution in [0.25, 0.3) is 0 Å². The van der Waals surface area contributed by atoms with E-state index >= 15 is 0 Å². The highest BCUT2D eigenvalue weighted by molar-refractivity contribution is 5.75. The van der Waals surface area contributed by atoms with Crippen LogP contribution >= 0.6 is 0 Å². The predicted octanol–water partition coefficient (Wildman–Crippen LogP) is 3.38. The van der Waals surface area contributed by atoms with E-state index < -0.39 is 12.0 Å². The number of amides is 1. The molecule has 1 atom stereocenters. The Balaban J connectivity index is 3.31. The smallest absolute Gasteiger partial charge is 0.320 e. The van der Waals surface area contributed by atoms with Gasteiger partial charge in [0.25, 0.3) is 0 Å². The van der Waals surface area contributed by atoms with Gasteiger partial charge in [-0.3, -0.25) is 9.59 Å². The van der Waals surface area contributed by atoms with Crippen LogP contribution in [0.1, 0.15) is 77.6 Å². The monoisotopic (exact) mass is 326 g/mol. The zero-order valence-corrected chi connectivity index (χ0v) is 14.6. The fraction of sp³-hybridized carbons (Fsp3) is 0.778. The Morgan fingerprint density at radius 2 is 1.74 bits per heavy atom. The standard InChI is InChI=1S/C18H34N2O3/c1-2-3-4-5-6-7-8-9-10-14-17(21)20-15-12-11-13-16(19)18(22)23/h3-4,16H,2,5-15,19H2,1H3,(H,20,21)(H,22,23)/b4-3+/t16-/m0/s1. The van der Waals surface area contributed by atoms with Crippen molar-refractivity contribution in [2.24, 2.45) is 5.73 Å². The molecule has 0 saturated carbocycles. The SMILES string of the molecule is CC/C=C/CCCCCCCC(=O)NCCCC[C@H](N)C(=O)O. The maximum Gasteiger partial charge on any atom is 0.320 e. The van der Waals surface area contributed by atoms with Crippen LogP contribution in [0, 0.1) is 0 Å². The second kappa shape index (κ2) is 15.5. The minimum Gasteiger partial charge on any atom is -0.480 e. The van der Waals surface area contributed by atoms with Crippen LogP contribution in [0.2, 0.25) is 0 Å². The van der Waals surface area contributed by atoms with Gasteiger partial charge in [-0.25, -0.2) is 0 Å². The summed E-state index contributed by atoms with van der Waals surface area (Å²) in [7, 11) is 0. The zero-order valence-electron chi connectivity index (χ0n) is 14.6. The van der Waals surface area contributed by atoms with Crippen LogP contribution < -0.4 is 11.1 Å². The number of allylic oxidation sites excluding steroid dienone is 2. The Kier molecular flexibility index (Phi) is 14.6. The fourth-order valence-corrected chi connectivity index (χ4v) is 2.29. The van der Waals surface area contributed by atoms with Crippen molar-refractivity contribution in [3.63, 3.8) is 0 Å². The van der Waals surface area contributed by atoms with E-state index in [-0.39, 0.29) is 5.91 Å². The van der Waals surface area contributed by atoms with Crippen molar-refractivity contribution in [1.82, 2.24) is 5.32 Å². The topological polar surface area (TPSA) is 92.4 Å². The van der Waals surface area contributed by atoms with Gasteiger partial charge in [0.2, 0.25) is 5.91 Å². The van der Waals surface area contributed by atoms with E-state index in [2.05, 4.69) is 24.4 Å². The third kappa shape index (κ3) is 15.3. The lowest BCUT2D eigenvalue weighted by Gasteiger charge is -2.07. The van der Waals surface area contributed by atoms with Crippen LogP contribution in [0.4, 0.5) is 0 Å². The van der Waals surface area contributed by atoms with Gasteiger partial charge in [-0.2, -0.15) is 0 Å². The number of carboxylic acids is 1. The lowest BCUT2D eigenvalue weighted by molar-refractivity contribution is -0.138. The first kappa shape index (κ1) is 21.6. The molecule has 0 saturated heterocycles. The summed E-state index contributed by atoms with van der Waals surface area (Å²) in [6.45, 7) is 2.75. The van der Waals surface area contributed by atoms with E-state index in [1.807, 2.05) is 0 Å². The molecule has 0 heterocycles. The molecule has 0 aliphatic heterocycles. The summed E-state index contributed by atoms with van der Waals surface area (Å²) >= 11 is 0. The minimum absolute atomic E-state index is 0.0958. The third-order valence-corrected chi connectivity index (χ3v) is 3.76. The highest BCUT2D eigenvalue weighted by Crippen LogP contribution is 2.08. The molecule has 0 aliphatic carbocycles. The number of unbranched alkanes of at least 4 members (excludes halogenated alkanes) is 6. The van der Waals surface area contributed by atoms with Crippen molar-refractivity contribution in [2.75, 3.05) is 6.54 Å². The molecule has 0 spiro atoms. The molecule has 0 rings (SSSR count). The maximum absolute atomic E-state index is 11.6. The van der Waals surface area contributed by atoms with Gasteiger partial charge >= 0.3 is 5.97 Å². The summed E-state index contributed by atoms with van der Waals surface area (Å²) in [5, 5.41) is 11.5. The quantitative estimate of drug-likeness (QED) is 0.318. The second-order valence-corrected chi connectivity index (χ2v) is 5.98. The number of carbonyl (C=O) groups is 2. The van der Waals surface area contributed by atoms with E-state index in [9.17, 15) is 9.59 Å². The van der Waals surface area contributed by atoms with E-state index in [4.69, 9.17) is 10.8 Å². The number of nitrogens with two attached hydrogens (primary N) is 1. The third-order valence-electron chi connectivity index (χ3n) is 3.76. The number of rotatable bonds is 15. The number of hydrogen-bond donors (Lipinski definition) is 3. The molecule has 5 heteroatoms. The van der Waals surface area contributed by atoms with Crippen LogP contribution in [0.15, 0.2) is 12.2 Å². The second-order valence-electron chi connectivity index (χ2n) is 5.98. The van der Waals surface area contributed by atoms with Crippen molar-refractivity contribution in [3.05, 3.63) is 12.2 Å². The van der Waals surface area contributed by atoms with Crippen molar-refractivity contribution in [2.45, 2.75) is 83.6 Å². The summed E-state index contributed by atoms with van der Waals surface area (Å²) < 4.78 is 0. The number of hydrogen-bond acceptors (Lipinski definition) is 3. The molecular weight excluding hydrogens is 292 g/mol. The van der Waals surface area contributed by atoms with Gasteiger partial charge in [0.05, 0.1) is 0 Å². The lowest BCUT2D eigenvalue weighted by atomic mass is 10.1. The Bertz CT molecular complexity index is 343. The Hall–Kier alpha value is -1.36. The highest BCUT2D eigenvalue weighted by atomic mass is 16.4. The first-order chi connectivity index (χ1) is 11.1. The first-order valence-electron chi connectivity index (χ1n) is 8.98. The van der Waals surface area contributed by atoms with Crippen molar-refractivity contribution >= 4 is 11.9 Å². The average molecular weight is 326 g/mol. The summed E-state index contributed by atoms with van der Waals surface area (Å²) in [5.41, 5.74) is 5.41. The summed E-state index contributed by atoms with van der Waals surface area (Å²) in [6.07, 6.45) is 15.0. The average Bonchev–Trinajstić information content (AvgIpc) is 2.52. The molecule has 1 amide bonds. The predicted molar refractivity (Wildman–Crippen MR) is 94.2 cm³/mol. The first-order valence-corrected chi connectivity index (χ1v) is 8.98. The molecule has 0 aromatic rings. The Morgan fingerprint density at radius 1 is 1.04 bits per heavy atom. The molecule has 0 radical (unpaired) electrons. The van der Waals surface area contributed by atoms with Crippen LogP contribution in [0.3, 0.4) is 0 Å². The largest absolute Gasteiger partial charge is 0.480 e. The maximum atomic E-state index is 11.6. The van der Waals surface area contributed by atoms with Crippen molar-refractivity contribution in [3.8, 4) is 0 Å². The van der Waals surface area contributed by atoms with Gasteiger partial charge in [0.15, 0.2) is 0 Å². The number of carboxylic acid groups (broad SMARTS) is 1. The van der Waals surface area contributed by atoms with Gasteiger partial charge in [-0.15, -0.1) is 0 Å². The van der Waals surface area contributed by atoms with E-state index in [1.54, 1.807) is 0 Å². The highest BCUT2D eigenvalue weighted by Gasteiger charge is 2.10. The number of nitrogens with one attached hydrogen (secondary N) is 1. The van der Waals surface area contributed by atoms with Gasteiger partial charge in [0.1, 0.15) is 6.04 Å². The summed E-state index contributed by atoms with van der Waals surface area (Å²) in [6, 6.07) is -0.789. The van der Waals surface area contributed by atoms with Gasteiger partial charge < -0.3 is 16.2 Å². The number of aliphatic carboxylic acids is 1. The van der Waals surface area contributed by atoms with E-state index in [0.717, 1.165) is 32.1 Å². The molecule has 0 fully saturated rings. The van der Waals surface area contributed by atoms with E-state index in [0.29, 0.717) is 19.4 Å². The molecule has 5 nitrogen and oxygen atoms in total. The van der Waals surface area contributed by atoms with Crippen molar-refractivity contribution in [1.29, 1.82) is 0 Å². The zero-order chi connectivity index (χ0) is 17.3. The van der Waals surface area contributed by atoms with Crippen molar-refractivity contribution < 1.29 is 14.7 Å². The molecule has 0 aliphatic rings. The van der Waals surface area contributed by atoms with Crippen LogP contribution in [-0.2, 0) is 9.59 Å². The molecule has 0 aromatic carbocycles. The van der Waals surface area contributed by atoms with E-state index in [1.165, 1.54) is 25.7 Å². The summed E-state index contributed by atoms with van der Waals surface area (Å²) in [5.74, 6) is -0.867. The van der Waals surface area contributed by atoms with Gasteiger partial charge in [-0.05, 0) is 44.9 Å². The molecule has 4 N–H and O–H groups in total. The molecule has 0 unspecified atom stereocenters. The summed E-state index contributed by atoms with van der Waals surface area (Å²) in [4.78, 5) is 22.1.